The molecule has 8 heteroatoms. The lowest BCUT2D eigenvalue weighted by atomic mass is 10.4. The Morgan fingerprint density at radius 2 is 0.700 bits per heavy atom. The summed E-state index contributed by atoms with van der Waals surface area (Å²) in [5.41, 5.74) is 0. The average Bonchev–Trinajstić information content (AvgIpc) is 2.98. The van der Waals surface area contributed by atoms with Crippen LogP contribution < -0.4 is 0 Å². The summed E-state index contributed by atoms with van der Waals surface area (Å²) in [6, 6.07) is 15.7. The molecule has 0 aromatic heterocycles. The van der Waals surface area contributed by atoms with Gasteiger partial charge in [0.15, 0.2) is 0 Å². The SMILES string of the molecule is CCCC[Si]1(CCCC)[SiH2][Si]2(CCCC)[SiH2][SiH2][Si]1(CCCC)[Si](CCCC)(CCCC)[Si]2(CCCC)CCCC. The zero-order valence-corrected chi connectivity index (χ0v) is 38.8. The molecule has 40 heavy (non-hydrogen) atoms. The number of rotatable bonds is 24. The Balaban J connectivity index is 3.06. The zero-order chi connectivity index (χ0) is 29.6. The van der Waals surface area contributed by atoms with Gasteiger partial charge in [-0.15, -0.1) is 0 Å². The van der Waals surface area contributed by atoms with Crippen LogP contribution in [0.15, 0.2) is 0 Å². The molecule has 238 valence electrons. The van der Waals surface area contributed by atoms with Gasteiger partial charge < -0.3 is 0 Å². The smallest absolute Gasteiger partial charge is 0.0341 e. The molecule has 0 amide bonds. The van der Waals surface area contributed by atoms with Crippen molar-refractivity contribution < 1.29 is 0 Å². The van der Waals surface area contributed by atoms with Gasteiger partial charge in [-0.1, -0.05) is 206 Å². The summed E-state index contributed by atoms with van der Waals surface area (Å²) in [4.78, 5) is 0. The molecule has 0 nitrogen and oxygen atoms in total. The molecule has 2 unspecified atom stereocenters. The van der Waals surface area contributed by atoms with E-state index in [4.69, 9.17) is 0 Å². The van der Waals surface area contributed by atoms with Gasteiger partial charge in [0.1, 0.15) is 0 Å². The van der Waals surface area contributed by atoms with Crippen LogP contribution in [-0.4, -0.2) is 60.2 Å². The van der Waals surface area contributed by atoms with E-state index >= 15 is 0 Å². The Kier molecular flexibility index (Phi) is 17.7. The van der Waals surface area contributed by atoms with Gasteiger partial charge in [-0.3, -0.25) is 0 Å². The van der Waals surface area contributed by atoms with E-state index < -0.39 is 34.6 Å². The van der Waals surface area contributed by atoms with Gasteiger partial charge in [-0.05, 0) is 17.1 Å². The van der Waals surface area contributed by atoms with E-state index in [2.05, 4.69) is 55.4 Å². The minimum atomic E-state index is -1.17. The lowest BCUT2D eigenvalue weighted by Gasteiger charge is -2.79. The highest BCUT2D eigenvalue weighted by atomic mass is 30.4. The minimum absolute atomic E-state index is 0.284. The number of hydrogen-bond acceptors (Lipinski definition) is 0. The molecule has 3 aliphatic heterocycles. The standard InChI is InChI=1S/C32H78Si8/c1-9-17-25-36(26-18-10-2)35-39(31-23-15-7)33-34-40(36,32-24-16-8)38(29-21-13-5,30-22-14-6)37(39,27-19-11-3)28-20-12-4/h9-35H2,1-8H3. The summed E-state index contributed by atoms with van der Waals surface area (Å²) in [5.74, 6) is 0. The first kappa shape index (κ1) is 37.9. The van der Waals surface area contributed by atoms with E-state index in [1.807, 2.05) is 48.4 Å². The molecule has 3 fully saturated rings. The summed E-state index contributed by atoms with van der Waals surface area (Å²) in [7, 11) is -2.22. The maximum absolute atomic E-state index is 2.61. The zero-order valence-electron chi connectivity index (χ0n) is 29.6. The highest BCUT2D eigenvalue weighted by Crippen LogP contribution is 2.60. The Morgan fingerprint density at radius 1 is 0.350 bits per heavy atom. The van der Waals surface area contributed by atoms with Gasteiger partial charge in [0, 0.05) is 43.1 Å². The normalized spacial score (nSPS) is 28.2. The molecule has 0 radical (unpaired) electrons. The van der Waals surface area contributed by atoms with E-state index in [0.717, 1.165) is 0 Å². The molecule has 0 aliphatic carbocycles. The molecule has 0 N–H and O–H groups in total. The number of unbranched alkanes of at least 4 members (excludes halogenated alkanes) is 8. The summed E-state index contributed by atoms with van der Waals surface area (Å²) in [6.45, 7) is 18.9. The van der Waals surface area contributed by atoms with Gasteiger partial charge >= 0.3 is 0 Å². The van der Waals surface area contributed by atoms with Gasteiger partial charge in [0.05, 0.1) is 0 Å². The molecule has 3 saturated heterocycles. The molecular weight excluding hydrogens is 609 g/mol. The van der Waals surface area contributed by atoms with Crippen LogP contribution in [0, 0.1) is 0 Å². The van der Waals surface area contributed by atoms with Gasteiger partial charge in [-0.25, -0.2) is 0 Å². The van der Waals surface area contributed by atoms with E-state index in [0.29, 0.717) is 17.1 Å². The third kappa shape index (κ3) is 7.24. The van der Waals surface area contributed by atoms with Gasteiger partial charge in [0.25, 0.3) is 0 Å². The number of hydrogen-bond donors (Lipinski definition) is 0. The third-order valence-corrected chi connectivity index (χ3v) is 246. The summed E-state index contributed by atoms with van der Waals surface area (Å²) in [6.07, 6.45) is 25.9. The first-order valence-electron chi connectivity index (χ1n) is 19.4. The maximum atomic E-state index is 2.61. The van der Waals surface area contributed by atoms with Gasteiger partial charge in [0.2, 0.25) is 0 Å². The van der Waals surface area contributed by atoms with Crippen LogP contribution in [0.4, 0.5) is 0 Å². The van der Waals surface area contributed by atoms with E-state index in [9.17, 15) is 0 Å². The van der Waals surface area contributed by atoms with Crippen molar-refractivity contribution in [1.82, 2.24) is 0 Å². The molecule has 3 aliphatic rings. The monoisotopic (exact) mass is 686 g/mol. The summed E-state index contributed by atoms with van der Waals surface area (Å²) in [5, 5.41) is 0. The van der Waals surface area contributed by atoms with Crippen molar-refractivity contribution in [3.63, 3.8) is 0 Å². The van der Waals surface area contributed by atoms with Crippen molar-refractivity contribution in [2.75, 3.05) is 0 Å². The van der Waals surface area contributed by atoms with Crippen LogP contribution in [0.3, 0.4) is 0 Å². The topological polar surface area (TPSA) is 0 Å². The highest BCUT2D eigenvalue weighted by molar-refractivity contribution is 8.26. The molecule has 0 aromatic carbocycles. The van der Waals surface area contributed by atoms with Crippen LogP contribution in [0.5, 0.6) is 0 Å². The minimum Gasteiger partial charge on any atom is -0.0654 e. The fourth-order valence-electron chi connectivity index (χ4n) is 11.8. The lowest BCUT2D eigenvalue weighted by Crippen LogP contribution is -3.07. The Hall–Kier alpha value is 1.74. The Morgan fingerprint density at radius 3 is 1.12 bits per heavy atom. The third-order valence-electron chi connectivity index (χ3n) is 13.4. The van der Waals surface area contributed by atoms with E-state index in [-0.39, 0.29) is 8.55 Å². The van der Waals surface area contributed by atoms with Crippen molar-refractivity contribution in [2.45, 2.75) is 206 Å². The first-order chi connectivity index (χ1) is 19.4. The first-order valence-corrected chi connectivity index (χ1v) is 48.4. The van der Waals surface area contributed by atoms with Gasteiger partial charge in [-0.2, -0.15) is 0 Å². The molecule has 0 saturated carbocycles. The predicted molar refractivity (Wildman–Crippen MR) is 212 cm³/mol. The molecule has 0 spiro atoms. The van der Waals surface area contributed by atoms with Crippen molar-refractivity contribution >= 4 is 60.2 Å². The highest BCUT2D eigenvalue weighted by Gasteiger charge is 2.81. The van der Waals surface area contributed by atoms with Crippen molar-refractivity contribution in [3.05, 3.63) is 0 Å². The molecule has 3 rings (SSSR count). The Bertz CT molecular complexity index is 664. The van der Waals surface area contributed by atoms with E-state index in [1.54, 1.807) is 64.2 Å². The summed E-state index contributed by atoms with van der Waals surface area (Å²) < 4.78 is 0. The Labute approximate surface area is 265 Å². The second-order valence-electron chi connectivity index (χ2n) is 15.3. The van der Waals surface area contributed by atoms with Crippen LogP contribution in [0.1, 0.15) is 158 Å². The maximum Gasteiger partial charge on any atom is 0.0341 e. The quantitative estimate of drug-likeness (QED) is 0.0888. The molecule has 3 heterocycles. The van der Waals surface area contributed by atoms with Crippen LogP contribution in [0.25, 0.3) is 0 Å². The lowest BCUT2D eigenvalue weighted by molar-refractivity contribution is 0.819. The second kappa shape index (κ2) is 18.6. The second-order valence-corrected chi connectivity index (χ2v) is 106. The molecule has 2 bridgehead atoms. The largest absolute Gasteiger partial charge is 0.0654 e. The van der Waals surface area contributed by atoms with Crippen LogP contribution in [-0.2, 0) is 0 Å². The predicted octanol–water partition coefficient (Wildman–Crippen LogP) is 9.38. The van der Waals surface area contributed by atoms with Crippen LogP contribution in [0.2, 0.25) is 48.4 Å². The van der Waals surface area contributed by atoms with Crippen molar-refractivity contribution in [1.29, 1.82) is 0 Å². The fraction of sp³-hybridized carbons (Fsp3) is 1.00. The molecule has 0 aromatic rings. The molecular formula is C32H78Si8. The van der Waals surface area contributed by atoms with E-state index in [1.165, 1.54) is 38.5 Å². The average molecular weight is 688 g/mol. The van der Waals surface area contributed by atoms with Crippen molar-refractivity contribution in [2.24, 2.45) is 0 Å². The fourth-order valence-corrected chi connectivity index (χ4v) is 527. The van der Waals surface area contributed by atoms with Crippen LogP contribution >= 0.6 is 0 Å². The summed E-state index contributed by atoms with van der Waals surface area (Å²) >= 11 is 0. The van der Waals surface area contributed by atoms with Crippen molar-refractivity contribution in [3.8, 4) is 0 Å². The number of fused-ring (bicyclic) bond motifs is 3. The molecule has 2 atom stereocenters.